The molecule has 2 heterocycles. The summed E-state index contributed by atoms with van der Waals surface area (Å²) in [5, 5.41) is 4.01. The van der Waals surface area contributed by atoms with Crippen LogP contribution in [0.1, 0.15) is 57.2 Å². The van der Waals surface area contributed by atoms with Crippen molar-refractivity contribution in [3.63, 3.8) is 0 Å². The molecule has 0 spiro atoms. The molecule has 0 bridgehead atoms. The maximum absolute atomic E-state index is 12.0. The average Bonchev–Trinajstić information content (AvgIpc) is 2.96. The van der Waals surface area contributed by atoms with Gasteiger partial charge in [-0.15, -0.1) is 0 Å². The van der Waals surface area contributed by atoms with Gasteiger partial charge in [-0.25, -0.2) is 0 Å². The van der Waals surface area contributed by atoms with Gasteiger partial charge in [-0.2, -0.15) is 4.98 Å². The van der Waals surface area contributed by atoms with E-state index >= 15 is 0 Å². The molecule has 1 aromatic heterocycles. The molecule has 98 valence electrons. The Hall–Kier alpha value is -1.39. The zero-order valence-electron chi connectivity index (χ0n) is 11.1. The third-order valence-corrected chi connectivity index (χ3v) is 3.56. The van der Waals surface area contributed by atoms with E-state index in [4.69, 9.17) is 4.52 Å². The topological polar surface area (TPSA) is 59.2 Å². The van der Waals surface area contributed by atoms with Gasteiger partial charge in [0.25, 0.3) is 0 Å². The molecule has 2 aliphatic rings. The maximum atomic E-state index is 12.0. The number of hydrogen-bond acceptors (Lipinski definition) is 4. The number of hydrogen-bond donors (Lipinski definition) is 0. The molecule has 1 saturated heterocycles. The molecule has 5 heteroatoms. The number of amides is 1. The second kappa shape index (κ2) is 3.80. The second-order valence-corrected chi connectivity index (χ2v) is 6.42. The lowest BCUT2D eigenvalue weighted by atomic mass is 9.90. The first-order chi connectivity index (χ1) is 8.45. The lowest BCUT2D eigenvalue weighted by molar-refractivity contribution is -0.144. The minimum atomic E-state index is -0.307. The standard InChI is InChI=1S/C13H19N3O2/c1-13(2,3)12(17)16-6-9(7-16)11-14-10(15-18-11)8-4-5-8/h8-9H,4-7H2,1-3H3. The molecule has 0 aromatic carbocycles. The highest BCUT2D eigenvalue weighted by Gasteiger charge is 2.40. The van der Waals surface area contributed by atoms with Gasteiger partial charge in [0, 0.05) is 24.4 Å². The Morgan fingerprint density at radius 3 is 2.50 bits per heavy atom. The van der Waals surface area contributed by atoms with Crippen LogP contribution in [0.15, 0.2) is 4.52 Å². The van der Waals surface area contributed by atoms with Gasteiger partial charge in [-0.05, 0) is 12.8 Å². The van der Waals surface area contributed by atoms with E-state index in [0.29, 0.717) is 24.9 Å². The summed E-state index contributed by atoms with van der Waals surface area (Å²) >= 11 is 0. The molecule has 0 radical (unpaired) electrons. The normalized spacial score (nSPS) is 20.9. The Labute approximate surface area is 107 Å². The van der Waals surface area contributed by atoms with Crippen LogP contribution in [0.4, 0.5) is 0 Å². The predicted molar refractivity (Wildman–Crippen MR) is 65.0 cm³/mol. The SMILES string of the molecule is CC(C)(C)C(=O)N1CC(c2nc(C3CC3)no2)C1. The fraction of sp³-hybridized carbons (Fsp3) is 0.769. The molecule has 2 fully saturated rings. The van der Waals surface area contributed by atoms with Crippen molar-refractivity contribution in [2.24, 2.45) is 5.41 Å². The largest absolute Gasteiger partial charge is 0.341 e. The van der Waals surface area contributed by atoms with Gasteiger partial charge in [-0.3, -0.25) is 4.79 Å². The molecular formula is C13H19N3O2. The number of carbonyl (C=O) groups excluding carboxylic acids is 1. The molecule has 1 aromatic rings. The van der Waals surface area contributed by atoms with E-state index < -0.39 is 0 Å². The van der Waals surface area contributed by atoms with Crippen molar-refractivity contribution in [3.8, 4) is 0 Å². The molecule has 18 heavy (non-hydrogen) atoms. The van der Waals surface area contributed by atoms with Gasteiger partial charge in [0.1, 0.15) is 0 Å². The first-order valence-corrected chi connectivity index (χ1v) is 6.58. The van der Waals surface area contributed by atoms with Crippen LogP contribution in [0, 0.1) is 5.41 Å². The van der Waals surface area contributed by atoms with E-state index in [0.717, 1.165) is 5.82 Å². The summed E-state index contributed by atoms with van der Waals surface area (Å²) < 4.78 is 5.28. The lowest BCUT2D eigenvalue weighted by Gasteiger charge is -2.40. The highest BCUT2D eigenvalue weighted by atomic mass is 16.5. The van der Waals surface area contributed by atoms with Crippen molar-refractivity contribution in [1.29, 1.82) is 0 Å². The summed E-state index contributed by atoms with van der Waals surface area (Å²) in [6.45, 7) is 7.26. The third kappa shape index (κ3) is 2.02. The average molecular weight is 249 g/mol. The van der Waals surface area contributed by atoms with Crippen LogP contribution in [0.3, 0.4) is 0 Å². The molecule has 0 atom stereocenters. The minimum Gasteiger partial charge on any atom is -0.341 e. The van der Waals surface area contributed by atoms with Crippen LogP contribution < -0.4 is 0 Å². The molecule has 0 unspecified atom stereocenters. The summed E-state index contributed by atoms with van der Waals surface area (Å²) in [5.74, 6) is 2.51. The minimum absolute atomic E-state index is 0.195. The number of carbonyl (C=O) groups is 1. The Morgan fingerprint density at radius 1 is 1.28 bits per heavy atom. The number of aromatic nitrogens is 2. The van der Waals surface area contributed by atoms with Crippen molar-refractivity contribution < 1.29 is 9.32 Å². The summed E-state index contributed by atoms with van der Waals surface area (Å²) in [7, 11) is 0. The van der Waals surface area contributed by atoms with E-state index in [2.05, 4.69) is 10.1 Å². The summed E-state index contributed by atoms with van der Waals surface area (Å²) in [4.78, 5) is 18.3. The molecule has 1 amide bonds. The van der Waals surface area contributed by atoms with Crippen molar-refractivity contribution in [3.05, 3.63) is 11.7 Å². The zero-order valence-corrected chi connectivity index (χ0v) is 11.1. The number of likely N-dealkylation sites (tertiary alicyclic amines) is 1. The molecular weight excluding hydrogens is 230 g/mol. The van der Waals surface area contributed by atoms with Gasteiger partial charge in [0.05, 0.1) is 5.92 Å². The molecule has 1 aliphatic carbocycles. The van der Waals surface area contributed by atoms with Gasteiger partial charge in [0.2, 0.25) is 11.8 Å². The van der Waals surface area contributed by atoms with Gasteiger partial charge < -0.3 is 9.42 Å². The van der Waals surface area contributed by atoms with Gasteiger partial charge in [-0.1, -0.05) is 25.9 Å². The molecule has 0 N–H and O–H groups in total. The van der Waals surface area contributed by atoms with Crippen LogP contribution in [-0.2, 0) is 4.79 Å². The summed E-state index contributed by atoms with van der Waals surface area (Å²) in [6.07, 6.45) is 2.36. The summed E-state index contributed by atoms with van der Waals surface area (Å²) in [5.41, 5.74) is -0.307. The van der Waals surface area contributed by atoms with E-state index in [1.807, 2.05) is 25.7 Å². The molecule has 1 saturated carbocycles. The Balaban J connectivity index is 1.59. The zero-order chi connectivity index (χ0) is 12.9. The van der Waals surface area contributed by atoms with Crippen LogP contribution in [0.5, 0.6) is 0 Å². The predicted octanol–water partition coefficient (Wildman–Crippen LogP) is 1.92. The Kier molecular flexibility index (Phi) is 2.47. The van der Waals surface area contributed by atoms with Crippen molar-refractivity contribution in [2.45, 2.75) is 45.4 Å². The number of rotatable bonds is 2. The second-order valence-electron chi connectivity index (χ2n) is 6.42. The van der Waals surface area contributed by atoms with Gasteiger partial charge in [0.15, 0.2) is 5.82 Å². The van der Waals surface area contributed by atoms with Crippen molar-refractivity contribution in [1.82, 2.24) is 15.0 Å². The van der Waals surface area contributed by atoms with E-state index in [-0.39, 0.29) is 17.2 Å². The molecule has 1 aliphatic heterocycles. The lowest BCUT2D eigenvalue weighted by Crippen LogP contribution is -2.52. The first-order valence-electron chi connectivity index (χ1n) is 6.58. The smallest absolute Gasteiger partial charge is 0.233 e. The first kappa shape index (κ1) is 11.7. The fourth-order valence-corrected chi connectivity index (χ4v) is 2.20. The van der Waals surface area contributed by atoms with Crippen LogP contribution in [-0.4, -0.2) is 34.0 Å². The number of nitrogens with zero attached hydrogens (tertiary/aromatic N) is 3. The van der Waals surface area contributed by atoms with Crippen molar-refractivity contribution >= 4 is 5.91 Å². The Morgan fingerprint density at radius 2 is 1.94 bits per heavy atom. The summed E-state index contributed by atoms with van der Waals surface area (Å²) in [6, 6.07) is 0. The Bertz CT molecular complexity index is 465. The van der Waals surface area contributed by atoms with E-state index in [1.54, 1.807) is 0 Å². The third-order valence-electron chi connectivity index (χ3n) is 3.56. The fourth-order valence-electron chi connectivity index (χ4n) is 2.20. The van der Waals surface area contributed by atoms with Crippen molar-refractivity contribution in [2.75, 3.05) is 13.1 Å². The van der Waals surface area contributed by atoms with Gasteiger partial charge >= 0.3 is 0 Å². The van der Waals surface area contributed by atoms with E-state index in [1.165, 1.54) is 12.8 Å². The molecule has 3 rings (SSSR count). The highest BCUT2D eigenvalue weighted by Crippen LogP contribution is 2.39. The van der Waals surface area contributed by atoms with Crippen LogP contribution in [0.25, 0.3) is 0 Å². The van der Waals surface area contributed by atoms with Crippen LogP contribution >= 0.6 is 0 Å². The van der Waals surface area contributed by atoms with Crippen LogP contribution in [0.2, 0.25) is 0 Å². The van der Waals surface area contributed by atoms with E-state index in [9.17, 15) is 4.79 Å². The molecule has 5 nitrogen and oxygen atoms in total. The monoisotopic (exact) mass is 249 g/mol. The maximum Gasteiger partial charge on any atom is 0.233 e. The quantitative estimate of drug-likeness (QED) is 0.803. The highest BCUT2D eigenvalue weighted by molar-refractivity contribution is 5.82.